The summed E-state index contributed by atoms with van der Waals surface area (Å²) in [6.07, 6.45) is 5.03. The predicted molar refractivity (Wildman–Crippen MR) is 99.2 cm³/mol. The van der Waals surface area contributed by atoms with Gasteiger partial charge in [0.05, 0.1) is 0 Å². The molecule has 4 heteroatoms. The number of aryl methyl sites for hydroxylation is 3. The number of nitrogens with zero attached hydrogens (tertiary/aromatic N) is 4. The van der Waals surface area contributed by atoms with Gasteiger partial charge in [-0.1, -0.05) is 30.7 Å². The Morgan fingerprint density at radius 1 is 1.00 bits per heavy atom. The molecule has 0 atom stereocenters. The summed E-state index contributed by atoms with van der Waals surface area (Å²) in [4.78, 5) is 9.58. The maximum Gasteiger partial charge on any atom is 0.108 e. The summed E-state index contributed by atoms with van der Waals surface area (Å²) in [5.41, 5.74) is 4.26. The molecule has 2 aromatic rings. The molecule has 1 aromatic carbocycles. The van der Waals surface area contributed by atoms with Gasteiger partial charge in [0, 0.05) is 64.6 Å². The highest BCUT2D eigenvalue weighted by Gasteiger charge is 2.17. The van der Waals surface area contributed by atoms with E-state index in [-0.39, 0.29) is 0 Å². The van der Waals surface area contributed by atoms with Crippen molar-refractivity contribution in [1.82, 2.24) is 19.4 Å². The third-order valence-electron chi connectivity index (χ3n) is 5.14. The van der Waals surface area contributed by atoms with Gasteiger partial charge in [0.2, 0.25) is 0 Å². The lowest BCUT2D eigenvalue weighted by Gasteiger charge is -2.35. The predicted octanol–water partition coefficient (Wildman–Crippen LogP) is 2.88. The number of benzene rings is 1. The van der Waals surface area contributed by atoms with Gasteiger partial charge >= 0.3 is 0 Å². The molecule has 1 aliphatic rings. The van der Waals surface area contributed by atoms with Crippen LogP contribution in [0.4, 0.5) is 0 Å². The van der Waals surface area contributed by atoms with Crippen molar-refractivity contribution in [2.75, 3.05) is 32.7 Å². The minimum atomic E-state index is 1.01. The average Bonchev–Trinajstić information content (AvgIpc) is 3.05. The second-order valence-corrected chi connectivity index (χ2v) is 6.94. The molecular formula is C20H30N4. The van der Waals surface area contributed by atoms with E-state index in [2.05, 4.69) is 64.5 Å². The molecule has 24 heavy (non-hydrogen) atoms. The van der Waals surface area contributed by atoms with E-state index in [0.717, 1.165) is 39.1 Å². The number of imidazole rings is 1. The monoisotopic (exact) mass is 326 g/mol. The number of piperazine rings is 1. The first-order valence-electron chi connectivity index (χ1n) is 9.16. The molecule has 1 fully saturated rings. The molecule has 0 amide bonds. The summed E-state index contributed by atoms with van der Waals surface area (Å²) in [5, 5.41) is 0. The molecule has 3 rings (SSSR count). The van der Waals surface area contributed by atoms with Crippen LogP contribution < -0.4 is 0 Å². The zero-order valence-electron chi connectivity index (χ0n) is 15.3. The molecular weight excluding hydrogens is 296 g/mol. The van der Waals surface area contributed by atoms with Gasteiger partial charge in [-0.25, -0.2) is 4.98 Å². The molecule has 0 radical (unpaired) electrons. The van der Waals surface area contributed by atoms with Crippen LogP contribution >= 0.6 is 0 Å². The van der Waals surface area contributed by atoms with Crippen molar-refractivity contribution in [2.45, 2.75) is 40.3 Å². The van der Waals surface area contributed by atoms with Crippen molar-refractivity contribution in [2.24, 2.45) is 0 Å². The van der Waals surface area contributed by atoms with E-state index in [9.17, 15) is 0 Å². The van der Waals surface area contributed by atoms with Crippen LogP contribution in [0.2, 0.25) is 0 Å². The molecule has 0 N–H and O–H groups in total. The Morgan fingerprint density at radius 2 is 1.75 bits per heavy atom. The van der Waals surface area contributed by atoms with Gasteiger partial charge in [-0.05, 0) is 25.0 Å². The summed E-state index contributed by atoms with van der Waals surface area (Å²) in [7, 11) is 0. The van der Waals surface area contributed by atoms with E-state index in [1.807, 2.05) is 6.20 Å². The summed E-state index contributed by atoms with van der Waals surface area (Å²) in [6.45, 7) is 14.5. The van der Waals surface area contributed by atoms with Crippen LogP contribution in [0.25, 0.3) is 0 Å². The van der Waals surface area contributed by atoms with Crippen molar-refractivity contribution in [3.63, 3.8) is 0 Å². The lowest BCUT2D eigenvalue weighted by molar-refractivity contribution is 0.123. The second-order valence-electron chi connectivity index (χ2n) is 6.94. The highest BCUT2D eigenvalue weighted by Crippen LogP contribution is 2.15. The van der Waals surface area contributed by atoms with Gasteiger partial charge in [0.15, 0.2) is 0 Å². The molecule has 1 aromatic heterocycles. The van der Waals surface area contributed by atoms with E-state index in [1.54, 1.807) is 0 Å². The number of hydrogen-bond acceptors (Lipinski definition) is 3. The van der Waals surface area contributed by atoms with Gasteiger partial charge in [-0.2, -0.15) is 0 Å². The van der Waals surface area contributed by atoms with E-state index < -0.39 is 0 Å². The highest BCUT2D eigenvalue weighted by atomic mass is 15.3. The standard InChI is InChI=1S/C20H30N4/c1-4-20-21-7-8-24(20)14-13-22-9-11-23(12-10-22)16-19-15-17(2)5-6-18(19)3/h5-8,15H,4,9-14,16H2,1-3H3. The van der Waals surface area contributed by atoms with Crippen molar-refractivity contribution < 1.29 is 0 Å². The summed E-state index contributed by atoms with van der Waals surface area (Å²) in [5.74, 6) is 1.20. The average molecular weight is 326 g/mol. The van der Waals surface area contributed by atoms with Gasteiger partial charge in [0.25, 0.3) is 0 Å². The summed E-state index contributed by atoms with van der Waals surface area (Å²) < 4.78 is 2.29. The Balaban J connectivity index is 1.46. The number of aromatic nitrogens is 2. The Kier molecular flexibility index (Phi) is 5.69. The van der Waals surface area contributed by atoms with Crippen LogP contribution in [0.3, 0.4) is 0 Å². The Hall–Kier alpha value is -1.65. The second kappa shape index (κ2) is 7.95. The first kappa shape index (κ1) is 17.2. The van der Waals surface area contributed by atoms with Crippen LogP contribution in [0.1, 0.15) is 29.4 Å². The van der Waals surface area contributed by atoms with Crippen molar-refractivity contribution in [3.05, 3.63) is 53.1 Å². The maximum absolute atomic E-state index is 4.41. The molecule has 1 saturated heterocycles. The fourth-order valence-electron chi connectivity index (χ4n) is 3.49. The highest BCUT2D eigenvalue weighted by molar-refractivity contribution is 5.30. The van der Waals surface area contributed by atoms with Crippen LogP contribution in [-0.4, -0.2) is 52.1 Å². The Morgan fingerprint density at radius 3 is 2.50 bits per heavy atom. The fraction of sp³-hybridized carbons (Fsp3) is 0.550. The van der Waals surface area contributed by atoms with Gasteiger partial charge in [-0.15, -0.1) is 0 Å². The Labute approximate surface area is 146 Å². The van der Waals surface area contributed by atoms with Crippen molar-refractivity contribution in [3.8, 4) is 0 Å². The maximum atomic E-state index is 4.41. The minimum Gasteiger partial charge on any atom is -0.334 e. The third kappa shape index (κ3) is 4.25. The normalized spacial score (nSPS) is 16.6. The van der Waals surface area contributed by atoms with E-state index in [1.165, 1.54) is 35.6 Å². The van der Waals surface area contributed by atoms with E-state index >= 15 is 0 Å². The molecule has 2 heterocycles. The third-order valence-corrected chi connectivity index (χ3v) is 5.14. The first-order chi connectivity index (χ1) is 11.7. The SMILES string of the molecule is CCc1nccn1CCN1CCN(Cc2cc(C)ccc2C)CC1. The van der Waals surface area contributed by atoms with Crippen LogP contribution in [0, 0.1) is 13.8 Å². The molecule has 0 unspecified atom stereocenters. The van der Waals surface area contributed by atoms with Gasteiger partial charge in [0.1, 0.15) is 5.82 Å². The minimum absolute atomic E-state index is 1.01. The first-order valence-corrected chi connectivity index (χ1v) is 9.16. The zero-order chi connectivity index (χ0) is 16.9. The van der Waals surface area contributed by atoms with Gasteiger partial charge in [-0.3, -0.25) is 9.80 Å². The number of rotatable bonds is 6. The van der Waals surface area contributed by atoms with Crippen molar-refractivity contribution >= 4 is 0 Å². The topological polar surface area (TPSA) is 24.3 Å². The molecule has 0 saturated carbocycles. The zero-order valence-corrected chi connectivity index (χ0v) is 15.3. The molecule has 0 bridgehead atoms. The van der Waals surface area contributed by atoms with E-state index in [4.69, 9.17) is 0 Å². The van der Waals surface area contributed by atoms with E-state index in [0.29, 0.717) is 0 Å². The quantitative estimate of drug-likeness (QED) is 0.816. The largest absolute Gasteiger partial charge is 0.334 e. The lowest BCUT2D eigenvalue weighted by Crippen LogP contribution is -2.46. The molecule has 0 spiro atoms. The Bertz CT molecular complexity index is 653. The number of hydrogen-bond donors (Lipinski definition) is 0. The summed E-state index contributed by atoms with van der Waals surface area (Å²) in [6, 6.07) is 6.79. The fourth-order valence-corrected chi connectivity index (χ4v) is 3.49. The van der Waals surface area contributed by atoms with Gasteiger partial charge < -0.3 is 4.57 Å². The van der Waals surface area contributed by atoms with Crippen molar-refractivity contribution in [1.29, 1.82) is 0 Å². The molecule has 0 aliphatic carbocycles. The molecule has 1 aliphatic heterocycles. The smallest absolute Gasteiger partial charge is 0.108 e. The van der Waals surface area contributed by atoms with Crippen LogP contribution in [-0.2, 0) is 19.5 Å². The summed E-state index contributed by atoms with van der Waals surface area (Å²) >= 11 is 0. The van der Waals surface area contributed by atoms with Crippen LogP contribution in [0.15, 0.2) is 30.6 Å². The lowest BCUT2D eigenvalue weighted by atomic mass is 10.0. The molecule has 130 valence electrons. The van der Waals surface area contributed by atoms with Crippen LogP contribution in [0.5, 0.6) is 0 Å². The molecule has 4 nitrogen and oxygen atoms in total.